The molecule has 3 heterocycles. The second-order valence-electron chi connectivity index (χ2n) is 7.47. The molecule has 2 aliphatic rings. The van der Waals surface area contributed by atoms with Crippen LogP contribution in [0.5, 0.6) is 0 Å². The van der Waals surface area contributed by atoms with Gasteiger partial charge >= 0.3 is 0 Å². The smallest absolute Gasteiger partial charge is 0.261 e. The van der Waals surface area contributed by atoms with E-state index in [2.05, 4.69) is 21.1 Å². The average molecular weight is 377 g/mol. The maximum atomic E-state index is 12.8. The van der Waals surface area contributed by atoms with E-state index in [0.717, 1.165) is 19.3 Å². The van der Waals surface area contributed by atoms with Crippen LogP contribution in [0.4, 0.5) is 0 Å². The standard InChI is InChI=1S/C21H23N5O2/c1-2-3-11-21(23-24-21)12-8-19(27)25-13-9-16(10-14-25)26-15-22-18-7-5-4-6-17(18)20(26)28/h1,4-7,15-16H,3,8-14H2. The van der Waals surface area contributed by atoms with Crippen molar-refractivity contribution < 1.29 is 4.79 Å². The van der Waals surface area contributed by atoms with Crippen molar-refractivity contribution in [3.63, 3.8) is 0 Å². The highest BCUT2D eigenvalue weighted by atomic mass is 16.2. The van der Waals surface area contributed by atoms with Crippen LogP contribution in [-0.2, 0) is 4.79 Å². The van der Waals surface area contributed by atoms with E-state index in [1.54, 1.807) is 10.9 Å². The van der Waals surface area contributed by atoms with Crippen molar-refractivity contribution >= 4 is 16.8 Å². The summed E-state index contributed by atoms with van der Waals surface area (Å²) in [5.41, 5.74) is 0.290. The van der Waals surface area contributed by atoms with Crippen LogP contribution < -0.4 is 5.56 Å². The summed E-state index contributed by atoms with van der Waals surface area (Å²) in [6.07, 6.45) is 10.8. The Kier molecular flexibility index (Phi) is 4.95. The van der Waals surface area contributed by atoms with Gasteiger partial charge < -0.3 is 4.90 Å². The van der Waals surface area contributed by atoms with Crippen LogP contribution in [0, 0.1) is 12.3 Å². The van der Waals surface area contributed by atoms with E-state index in [1.165, 1.54) is 0 Å². The Morgan fingerprint density at radius 3 is 2.68 bits per heavy atom. The van der Waals surface area contributed by atoms with Crippen molar-refractivity contribution in [2.24, 2.45) is 10.2 Å². The lowest BCUT2D eigenvalue weighted by molar-refractivity contribution is -0.132. The van der Waals surface area contributed by atoms with Gasteiger partial charge in [0.2, 0.25) is 5.91 Å². The minimum atomic E-state index is -0.412. The van der Waals surface area contributed by atoms with Gasteiger partial charge in [0.1, 0.15) is 0 Å². The van der Waals surface area contributed by atoms with Gasteiger partial charge in [-0.05, 0) is 25.0 Å². The van der Waals surface area contributed by atoms with Crippen molar-refractivity contribution in [2.75, 3.05) is 13.1 Å². The SMILES string of the molecule is C#CCCC1(CCC(=O)N2CCC(n3cnc4ccccc4c3=O)CC2)N=N1. The largest absolute Gasteiger partial charge is 0.343 e. The Balaban J connectivity index is 1.34. The molecular formula is C21H23N5O2. The molecule has 0 aliphatic carbocycles. The molecule has 7 heteroatoms. The number of amides is 1. The van der Waals surface area contributed by atoms with Crippen molar-refractivity contribution in [2.45, 2.75) is 50.2 Å². The molecule has 2 aliphatic heterocycles. The number of hydrogen-bond acceptors (Lipinski definition) is 5. The maximum absolute atomic E-state index is 12.8. The Morgan fingerprint density at radius 1 is 1.21 bits per heavy atom. The number of rotatable bonds is 6. The van der Waals surface area contributed by atoms with E-state index in [9.17, 15) is 9.59 Å². The zero-order chi connectivity index (χ0) is 19.6. The van der Waals surface area contributed by atoms with Crippen molar-refractivity contribution in [3.05, 3.63) is 40.9 Å². The predicted molar refractivity (Wildman–Crippen MR) is 106 cm³/mol. The average Bonchev–Trinajstić information content (AvgIpc) is 3.51. The van der Waals surface area contributed by atoms with Gasteiger partial charge in [-0.3, -0.25) is 14.2 Å². The highest BCUT2D eigenvalue weighted by Crippen LogP contribution is 2.37. The van der Waals surface area contributed by atoms with Crippen molar-refractivity contribution in [1.82, 2.24) is 14.5 Å². The molecule has 1 aromatic carbocycles. The number of aromatic nitrogens is 2. The number of carbonyl (C=O) groups is 1. The first-order valence-electron chi connectivity index (χ1n) is 9.73. The van der Waals surface area contributed by atoms with Crippen LogP contribution >= 0.6 is 0 Å². The summed E-state index contributed by atoms with van der Waals surface area (Å²) in [4.78, 5) is 31.6. The molecule has 0 bridgehead atoms. The lowest BCUT2D eigenvalue weighted by Crippen LogP contribution is -2.41. The molecule has 144 valence electrons. The predicted octanol–water partition coefficient (Wildman–Crippen LogP) is 2.92. The van der Waals surface area contributed by atoms with Gasteiger partial charge in [0.05, 0.1) is 17.2 Å². The first-order chi connectivity index (χ1) is 13.6. The van der Waals surface area contributed by atoms with Crippen molar-refractivity contribution in [3.8, 4) is 12.3 Å². The topological polar surface area (TPSA) is 79.9 Å². The van der Waals surface area contributed by atoms with Crippen LogP contribution in [0.1, 0.15) is 44.6 Å². The lowest BCUT2D eigenvalue weighted by atomic mass is 10.0. The van der Waals surface area contributed by atoms with Crippen LogP contribution in [0.3, 0.4) is 0 Å². The van der Waals surface area contributed by atoms with Gasteiger partial charge in [-0.15, -0.1) is 12.3 Å². The quantitative estimate of drug-likeness (QED) is 0.726. The summed E-state index contributed by atoms with van der Waals surface area (Å²) in [7, 11) is 0. The molecule has 0 N–H and O–H groups in total. The molecule has 1 fully saturated rings. The number of hydrogen-bond donors (Lipinski definition) is 0. The van der Waals surface area contributed by atoms with Gasteiger partial charge in [-0.25, -0.2) is 4.98 Å². The number of likely N-dealkylation sites (tertiary alicyclic amines) is 1. The Labute approximate surface area is 163 Å². The molecule has 4 rings (SSSR count). The molecule has 0 radical (unpaired) electrons. The van der Waals surface area contributed by atoms with E-state index in [-0.39, 0.29) is 17.5 Å². The van der Waals surface area contributed by atoms with Gasteiger partial charge in [-0.2, -0.15) is 10.2 Å². The monoisotopic (exact) mass is 377 g/mol. The summed E-state index contributed by atoms with van der Waals surface area (Å²) < 4.78 is 1.72. The zero-order valence-corrected chi connectivity index (χ0v) is 15.8. The number of fused-ring (bicyclic) bond motifs is 1. The molecule has 1 saturated heterocycles. The van der Waals surface area contributed by atoms with Crippen LogP contribution in [0.25, 0.3) is 10.9 Å². The normalized spacial score (nSPS) is 18.2. The van der Waals surface area contributed by atoms with E-state index in [1.807, 2.05) is 29.2 Å². The first kappa shape index (κ1) is 18.4. The van der Waals surface area contributed by atoms with Crippen molar-refractivity contribution in [1.29, 1.82) is 0 Å². The fourth-order valence-electron chi connectivity index (χ4n) is 3.87. The summed E-state index contributed by atoms with van der Waals surface area (Å²) in [5, 5.41) is 8.81. The number of terminal acetylenes is 1. The molecule has 0 saturated carbocycles. The maximum Gasteiger partial charge on any atom is 0.261 e. The van der Waals surface area contributed by atoms with Crippen LogP contribution in [0.2, 0.25) is 0 Å². The molecule has 7 nitrogen and oxygen atoms in total. The molecule has 0 spiro atoms. The summed E-state index contributed by atoms with van der Waals surface area (Å²) in [6.45, 7) is 1.29. The number of piperidine rings is 1. The minimum Gasteiger partial charge on any atom is -0.343 e. The van der Waals surface area contributed by atoms with E-state index in [0.29, 0.717) is 43.3 Å². The van der Waals surface area contributed by atoms with Gasteiger partial charge in [0.25, 0.3) is 5.56 Å². The van der Waals surface area contributed by atoms with Gasteiger partial charge in [-0.1, -0.05) is 12.1 Å². The Morgan fingerprint density at radius 2 is 1.96 bits per heavy atom. The number of benzene rings is 1. The first-order valence-corrected chi connectivity index (χ1v) is 9.73. The number of nitrogens with zero attached hydrogens (tertiary/aromatic N) is 5. The highest BCUT2D eigenvalue weighted by Gasteiger charge is 2.39. The lowest BCUT2D eigenvalue weighted by Gasteiger charge is -2.33. The minimum absolute atomic E-state index is 0.0113. The molecule has 0 atom stereocenters. The third-order valence-electron chi connectivity index (χ3n) is 5.69. The Bertz CT molecular complexity index is 1010. The van der Waals surface area contributed by atoms with Gasteiger partial charge in [0, 0.05) is 44.8 Å². The third kappa shape index (κ3) is 3.68. The highest BCUT2D eigenvalue weighted by molar-refractivity contribution is 5.77. The molecule has 2 aromatic rings. The van der Waals surface area contributed by atoms with E-state index < -0.39 is 5.66 Å². The Hall–Kier alpha value is -3.01. The molecule has 28 heavy (non-hydrogen) atoms. The summed E-state index contributed by atoms with van der Waals surface area (Å²) >= 11 is 0. The molecule has 0 unspecified atom stereocenters. The van der Waals surface area contributed by atoms with Gasteiger partial charge in [0.15, 0.2) is 5.66 Å². The molecule has 1 amide bonds. The third-order valence-corrected chi connectivity index (χ3v) is 5.69. The second kappa shape index (κ2) is 7.55. The van der Waals surface area contributed by atoms with Crippen LogP contribution in [-0.4, -0.2) is 39.1 Å². The zero-order valence-electron chi connectivity index (χ0n) is 15.8. The molecular weight excluding hydrogens is 354 g/mol. The van der Waals surface area contributed by atoms with Crippen LogP contribution in [0.15, 0.2) is 45.6 Å². The fraction of sp³-hybridized carbons (Fsp3) is 0.476. The van der Waals surface area contributed by atoms with E-state index >= 15 is 0 Å². The second-order valence-corrected chi connectivity index (χ2v) is 7.47. The number of para-hydroxylation sites is 1. The number of carbonyl (C=O) groups excluding carboxylic acids is 1. The van der Waals surface area contributed by atoms with E-state index in [4.69, 9.17) is 6.42 Å². The molecule has 1 aromatic heterocycles. The fourth-order valence-corrected chi connectivity index (χ4v) is 3.87. The summed E-state index contributed by atoms with van der Waals surface area (Å²) in [6, 6.07) is 7.46. The summed E-state index contributed by atoms with van der Waals surface area (Å²) in [5.74, 6) is 2.73.